The van der Waals surface area contributed by atoms with Gasteiger partial charge < -0.3 is 9.84 Å². The Morgan fingerprint density at radius 1 is 1.44 bits per heavy atom. The summed E-state index contributed by atoms with van der Waals surface area (Å²) >= 11 is 3.52. The molecule has 0 bridgehead atoms. The van der Waals surface area contributed by atoms with Crippen LogP contribution >= 0.6 is 15.9 Å². The number of rotatable bonds is 6. The van der Waals surface area contributed by atoms with Crippen molar-refractivity contribution in [1.29, 1.82) is 0 Å². The first kappa shape index (κ1) is 15.0. The minimum absolute atomic E-state index is 0.195. The van der Waals surface area contributed by atoms with Gasteiger partial charge in [-0.3, -0.25) is 4.79 Å². The van der Waals surface area contributed by atoms with Crippen molar-refractivity contribution in [3.63, 3.8) is 0 Å². The lowest BCUT2D eigenvalue weighted by molar-refractivity contribution is -0.137. The monoisotopic (exact) mass is 314 g/mol. The van der Waals surface area contributed by atoms with Gasteiger partial charge >= 0.3 is 5.97 Å². The summed E-state index contributed by atoms with van der Waals surface area (Å²) in [6, 6.07) is 4.15. The summed E-state index contributed by atoms with van der Waals surface area (Å²) in [5.74, 6) is 0.481. The van der Waals surface area contributed by atoms with Gasteiger partial charge in [-0.2, -0.15) is 0 Å². The molecule has 0 aromatic heterocycles. The fourth-order valence-corrected chi connectivity index (χ4v) is 2.36. The SMILES string of the molecule is COc1cc(C(C)C)cc(CCCC(=O)O)c1Br. The fraction of sp³-hybridized carbons (Fsp3) is 0.500. The van der Waals surface area contributed by atoms with E-state index in [0.717, 1.165) is 22.2 Å². The molecular formula is C14H19BrO3. The number of ether oxygens (including phenoxy) is 1. The second kappa shape index (κ2) is 6.78. The number of benzene rings is 1. The van der Waals surface area contributed by atoms with Gasteiger partial charge in [0.05, 0.1) is 11.6 Å². The van der Waals surface area contributed by atoms with E-state index in [1.807, 2.05) is 6.07 Å². The largest absolute Gasteiger partial charge is 0.496 e. The lowest BCUT2D eigenvalue weighted by Crippen LogP contribution is -1.99. The van der Waals surface area contributed by atoms with Crippen LogP contribution in [-0.2, 0) is 11.2 Å². The van der Waals surface area contributed by atoms with Gasteiger partial charge in [-0.15, -0.1) is 0 Å². The fourth-order valence-electron chi connectivity index (χ4n) is 1.77. The number of aliphatic carboxylic acids is 1. The second-order valence-electron chi connectivity index (χ2n) is 4.60. The Morgan fingerprint density at radius 3 is 2.61 bits per heavy atom. The van der Waals surface area contributed by atoms with E-state index in [2.05, 4.69) is 35.8 Å². The molecule has 1 rings (SSSR count). The van der Waals surface area contributed by atoms with Gasteiger partial charge in [0.1, 0.15) is 5.75 Å². The highest BCUT2D eigenvalue weighted by molar-refractivity contribution is 9.10. The Balaban J connectivity index is 2.94. The Morgan fingerprint density at radius 2 is 2.11 bits per heavy atom. The van der Waals surface area contributed by atoms with Crippen LogP contribution in [-0.4, -0.2) is 18.2 Å². The maximum absolute atomic E-state index is 10.5. The van der Waals surface area contributed by atoms with Crippen LogP contribution in [0.2, 0.25) is 0 Å². The van der Waals surface area contributed by atoms with Crippen molar-refractivity contribution in [2.24, 2.45) is 0 Å². The number of hydrogen-bond acceptors (Lipinski definition) is 2. The van der Waals surface area contributed by atoms with Crippen molar-refractivity contribution in [2.45, 2.75) is 39.0 Å². The van der Waals surface area contributed by atoms with Gasteiger partial charge in [-0.25, -0.2) is 0 Å². The molecule has 0 spiro atoms. The predicted molar refractivity (Wildman–Crippen MR) is 75.4 cm³/mol. The molecule has 0 fully saturated rings. The predicted octanol–water partition coefficient (Wildman–Crippen LogP) is 3.99. The molecule has 3 nitrogen and oxygen atoms in total. The Kier molecular flexibility index (Phi) is 5.66. The maximum Gasteiger partial charge on any atom is 0.303 e. The molecule has 0 heterocycles. The van der Waals surface area contributed by atoms with Crippen molar-refractivity contribution >= 4 is 21.9 Å². The van der Waals surface area contributed by atoms with E-state index in [1.54, 1.807) is 7.11 Å². The summed E-state index contributed by atoms with van der Waals surface area (Å²) in [6.07, 6.45) is 1.57. The van der Waals surface area contributed by atoms with Crippen LogP contribution in [0.3, 0.4) is 0 Å². The topological polar surface area (TPSA) is 46.5 Å². The van der Waals surface area contributed by atoms with Crippen LogP contribution in [0, 0.1) is 0 Å². The number of aryl methyl sites for hydroxylation is 1. The minimum atomic E-state index is -0.752. The molecule has 1 aromatic carbocycles. The zero-order chi connectivity index (χ0) is 13.7. The van der Waals surface area contributed by atoms with Crippen LogP contribution in [0.4, 0.5) is 0 Å². The number of carbonyl (C=O) groups is 1. The number of hydrogen-bond donors (Lipinski definition) is 1. The second-order valence-corrected chi connectivity index (χ2v) is 5.39. The molecule has 4 heteroatoms. The van der Waals surface area contributed by atoms with Crippen LogP contribution < -0.4 is 4.74 Å². The molecule has 0 aliphatic rings. The van der Waals surface area contributed by atoms with E-state index in [9.17, 15) is 4.79 Å². The van der Waals surface area contributed by atoms with Crippen molar-refractivity contribution < 1.29 is 14.6 Å². The highest BCUT2D eigenvalue weighted by Crippen LogP contribution is 2.33. The van der Waals surface area contributed by atoms with E-state index in [4.69, 9.17) is 9.84 Å². The zero-order valence-corrected chi connectivity index (χ0v) is 12.6. The van der Waals surface area contributed by atoms with Crippen LogP contribution in [0.5, 0.6) is 5.75 Å². The Labute approximate surface area is 116 Å². The molecular weight excluding hydrogens is 296 g/mol. The standard InChI is InChI=1S/C14H19BrO3/c1-9(2)11-7-10(5-4-6-13(16)17)14(15)12(8-11)18-3/h7-9H,4-6H2,1-3H3,(H,16,17). The summed E-state index contributed by atoms with van der Waals surface area (Å²) in [5.41, 5.74) is 2.32. The van der Waals surface area contributed by atoms with Gasteiger partial charge in [0.2, 0.25) is 0 Å². The number of methoxy groups -OCH3 is 1. The van der Waals surface area contributed by atoms with E-state index >= 15 is 0 Å². The molecule has 0 radical (unpaired) electrons. The first-order valence-electron chi connectivity index (χ1n) is 6.03. The summed E-state index contributed by atoms with van der Waals surface area (Å²) < 4.78 is 6.27. The normalized spacial score (nSPS) is 10.7. The summed E-state index contributed by atoms with van der Waals surface area (Å²) in [5, 5.41) is 8.67. The Bertz CT molecular complexity index is 427. The highest BCUT2D eigenvalue weighted by Gasteiger charge is 2.11. The molecule has 0 amide bonds. The van der Waals surface area contributed by atoms with Crippen molar-refractivity contribution in [3.05, 3.63) is 27.7 Å². The van der Waals surface area contributed by atoms with Crippen molar-refractivity contribution in [1.82, 2.24) is 0 Å². The first-order chi connectivity index (χ1) is 8.45. The average molecular weight is 315 g/mol. The average Bonchev–Trinajstić information content (AvgIpc) is 2.30. The van der Waals surface area contributed by atoms with Crippen LogP contribution in [0.15, 0.2) is 16.6 Å². The lowest BCUT2D eigenvalue weighted by Gasteiger charge is -2.14. The van der Waals surface area contributed by atoms with Crippen molar-refractivity contribution in [2.75, 3.05) is 7.11 Å². The molecule has 0 saturated carbocycles. The quantitative estimate of drug-likeness (QED) is 0.863. The van der Waals surface area contributed by atoms with E-state index in [-0.39, 0.29) is 6.42 Å². The van der Waals surface area contributed by atoms with Gasteiger partial charge in [0.15, 0.2) is 0 Å². The van der Waals surface area contributed by atoms with Gasteiger partial charge in [-0.05, 0) is 51.9 Å². The summed E-state index contributed by atoms with van der Waals surface area (Å²) in [7, 11) is 1.64. The molecule has 18 heavy (non-hydrogen) atoms. The highest BCUT2D eigenvalue weighted by atomic mass is 79.9. The van der Waals surface area contributed by atoms with Crippen molar-refractivity contribution in [3.8, 4) is 5.75 Å². The van der Waals surface area contributed by atoms with Crippen LogP contribution in [0.25, 0.3) is 0 Å². The zero-order valence-electron chi connectivity index (χ0n) is 11.0. The molecule has 0 unspecified atom stereocenters. The van der Waals surface area contributed by atoms with E-state index < -0.39 is 5.97 Å². The maximum atomic E-state index is 10.5. The van der Waals surface area contributed by atoms with Gasteiger partial charge in [0.25, 0.3) is 0 Å². The molecule has 0 saturated heterocycles. The smallest absolute Gasteiger partial charge is 0.303 e. The molecule has 1 aromatic rings. The van der Waals surface area contributed by atoms with Crippen LogP contribution in [0.1, 0.15) is 43.7 Å². The number of carboxylic acid groups (broad SMARTS) is 1. The third kappa shape index (κ3) is 4.02. The Hall–Kier alpha value is -1.03. The summed E-state index contributed by atoms with van der Waals surface area (Å²) in [4.78, 5) is 10.5. The molecule has 1 N–H and O–H groups in total. The molecule has 0 aliphatic carbocycles. The van der Waals surface area contributed by atoms with Gasteiger partial charge in [0, 0.05) is 6.42 Å². The number of carboxylic acids is 1. The molecule has 0 aliphatic heterocycles. The van der Waals surface area contributed by atoms with E-state index in [1.165, 1.54) is 5.56 Å². The van der Waals surface area contributed by atoms with Gasteiger partial charge in [-0.1, -0.05) is 19.9 Å². The molecule has 0 atom stereocenters. The minimum Gasteiger partial charge on any atom is -0.496 e. The third-order valence-electron chi connectivity index (χ3n) is 2.86. The third-order valence-corrected chi connectivity index (χ3v) is 3.76. The molecule has 100 valence electrons. The van der Waals surface area contributed by atoms with E-state index in [0.29, 0.717) is 12.3 Å². The summed E-state index contributed by atoms with van der Waals surface area (Å²) in [6.45, 7) is 4.26. The first-order valence-corrected chi connectivity index (χ1v) is 6.83. The lowest BCUT2D eigenvalue weighted by atomic mass is 9.98. The number of halogens is 1.